The van der Waals surface area contributed by atoms with Crippen molar-refractivity contribution in [2.75, 3.05) is 11.1 Å². The molecule has 1 heterocycles. The van der Waals surface area contributed by atoms with Crippen molar-refractivity contribution in [2.24, 2.45) is 0 Å². The van der Waals surface area contributed by atoms with Crippen LogP contribution in [0.2, 0.25) is 0 Å². The number of anilines is 1. The Balaban J connectivity index is 1.74. The fraction of sp³-hybridized carbons (Fsp3) is 0.125. The zero-order valence-electron chi connectivity index (χ0n) is 11.9. The molecule has 0 unspecified atom stereocenters. The van der Waals surface area contributed by atoms with Crippen LogP contribution in [0.15, 0.2) is 59.8 Å². The number of imidazole rings is 1. The maximum Gasteiger partial charge on any atom is 0.321 e. The summed E-state index contributed by atoms with van der Waals surface area (Å²) in [6.07, 6.45) is 0. The number of amides is 1. The third-order valence-electron chi connectivity index (χ3n) is 3.15. The maximum absolute atomic E-state index is 13.3. The van der Waals surface area contributed by atoms with Crippen LogP contribution >= 0.6 is 11.8 Å². The van der Waals surface area contributed by atoms with Gasteiger partial charge >= 0.3 is 6.55 Å². The highest BCUT2D eigenvalue weighted by Crippen LogP contribution is 2.29. The number of nitrogens with zero attached hydrogens (tertiary/aromatic N) is 2. The molecule has 0 radical (unpaired) electrons. The summed E-state index contributed by atoms with van der Waals surface area (Å²) in [5, 5.41) is 2.84. The molecule has 1 aromatic heterocycles. The molecular weight excluding hydrogens is 320 g/mol. The first-order valence-electron chi connectivity index (χ1n) is 6.88. The summed E-state index contributed by atoms with van der Waals surface area (Å²) in [5.74, 6) is -0.264. The zero-order valence-corrected chi connectivity index (χ0v) is 12.8. The van der Waals surface area contributed by atoms with Gasteiger partial charge in [0.1, 0.15) is 0 Å². The lowest BCUT2D eigenvalue weighted by Crippen LogP contribution is -2.14. The summed E-state index contributed by atoms with van der Waals surface area (Å²) in [7, 11) is 0. The Kier molecular flexibility index (Phi) is 4.57. The van der Waals surface area contributed by atoms with E-state index in [1.165, 1.54) is 0 Å². The standard InChI is InChI=1S/C16H13F2N3OS/c17-15(18)21-13-9-5-4-8-12(13)20-16(21)23-10-14(22)19-11-6-2-1-3-7-11/h1-9,15H,10H2,(H,19,22). The fourth-order valence-corrected chi connectivity index (χ4v) is 2.97. The van der Waals surface area contributed by atoms with Gasteiger partial charge in [-0.3, -0.25) is 9.36 Å². The first kappa shape index (κ1) is 15.5. The Bertz CT molecular complexity index is 821. The van der Waals surface area contributed by atoms with Gasteiger partial charge in [-0.25, -0.2) is 4.98 Å². The Morgan fingerprint density at radius 1 is 1.13 bits per heavy atom. The minimum Gasteiger partial charge on any atom is -0.325 e. The third kappa shape index (κ3) is 3.50. The summed E-state index contributed by atoms with van der Waals surface area (Å²) < 4.78 is 27.4. The second kappa shape index (κ2) is 6.78. The van der Waals surface area contributed by atoms with Crippen molar-refractivity contribution < 1.29 is 13.6 Å². The molecule has 0 atom stereocenters. The van der Waals surface area contributed by atoms with Gasteiger partial charge in [-0.15, -0.1) is 0 Å². The van der Waals surface area contributed by atoms with E-state index >= 15 is 0 Å². The maximum atomic E-state index is 13.3. The van der Waals surface area contributed by atoms with E-state index in [-0.39, 0.29) is 16.8 Å². The Morgan fingerprint density at radius 3 is 2.57 bits per heavy atom. The summed E-state index contributed by atoms with van der Waals surface area (Å²) in [5.41, 5.74) is 1.51. The van der Waals surface area contributed by atoms with Crippen LogP contribution in [0.3, 0.4) is 0 Å². The van der Waals surface area contributed by atoms with E-state index in [1.807, 2.05) is 6.07 Å². The number of alkyl halides is 2. The first-order chi connectivity index (χ1) is 11.1. The van der Waals surface area contributed by atoms with Crippen LogP contribution in [0.5, 0.6) is 0 Å². The number of hydrogen-bond acceptors (Lipinski definition) is 3. The number of carbonyl (C=O) groups excluding carboxylic acids is 1. The molecule has 0 aliphatic carbocycles. The van der Waals surface area contributed by atoms with Crippen molar-refractivity contribution in [1.29, 1.82) is 0 Å². The lowest BCUT2D eigenvalue weighted by Gasteiger charge is -2.07. The minimum absolute atomic E-state index is 0.00490. The van der Waals surface area contributed by atoms with Gasteiger partial charge < -0.3 is 5.32 Å². The number of aromatic nitrogens is 2. The average Bonchev–Trinajstić information content (AvgIpc) is 2.92. The van der Waals surface area contributed by atoms with Gasteiger partial charge in [0.2, 0.25) is 5.91 Å². The number of fused-ring (bicyclic) bond motifs is 1. The second-order valence-corrected chi connectivity index (χ2v) is 5.68. The number of carbonyl (C=O) groups is 1. The Hall–Kier alpha value is -2.41. The van der Waals surface area contributed by atoms with Gasteiger partial charge in [0, 0.05) is 5.69 Å². The molecule has 118 valence electrons. The largest absolute Gasteiger partial charge is 0.325 e. The van der Waals surface area contributed by atoms with Crippen LogP contribution in [-0.4, -0.2) is 21.2 Å². The van der Waals surface area contributed by atoms with Crippen LogP contribution in [-0.2, 0) is 4.79 Å². The van der Waals surface area contributed by atoms with Gasteiger partial charge in [0.05, 0.1) is 16.8 Å². The monoisotopic (exact) mass is 333 g/mol. The van der Waals surface area contributed by atoms with Gasteiger partial charge in [0.15, 0.2) is 5.16 Å². The van der Waals surface area contributed by atoms with Crippen LogP contribution in [0.4, 0.5) is 14.5 Å². The van der Waals surface area contributed by atoms with Crippen molar-refractivity contribution in [3.8, 4) is 0 Å². The Morgan fingerprint density at radius 2 is 1.83 bits per heavy atom. The van der Waals surface area contributed by atoms with E-state index in [1.54, 1.807) is 48.5 Å². The second-order valence-electron chi connectivity index (χ2n) is 4.73. The molecule has 0 aliphatic rings. The highest BCUT2D eigenvalue weighted by atomic mass is 32.2. The SMILES string of the molecule is O=C(CSc1nc2ccccc2n1C(F)F)Nc1ccccc1. The lowest BCUT2D eigenvalue weighted by atomic mass is 10.3. The molecule has 0 saturated carbocycles. The molecule has 0 aliphatic heterocycles. The zero-order chi connectivity index (χ0) is 16.2. The van der Waals surface area contributed by atoms with E-state index < -0.39 is 6.55 Å². The van der Waals surface area contributed by atoms with E-state index in [4.69, 9.17) is 0 Å². The van der Waals surface area contributed by atoms with Gasteiger partial charge in [-0.05, 0) is 24.3 Å². The molecule has 2 aromatic carbocycles. The van der Waals surface area contributed by atoms with Crippen LogP contribution in [0.25, 0.3) is 11.0 Å². The molecule has 0 fully saturated rings. The normalized spacial score (nSPS) is 11.1. The summed E-state index contributed by atoms with van der Waals surface area (Å²) in [6.45, 7) is -2.71. The number of halogens is 2. The van der Waals surface area contributed by atoms with Gasteiger partial charge in [-0.2, -0.15) is 8.78 Å². The van der Waals surface area contributed by atoms with E-state index in [2.05, 4.69) is 10.3 Å². The summed E-state index contributed by atoms with van der Waals surface area (Å²) in [6, 6.07) is 15.6. The van der Waals surface area contributed by atoms with E-state index in [9.17, 15) is 13.6 Å². The van der Waals surface area contributed by atoms with Crippen molar-refractivity contribution in [1.82, 2.24) is 9.55 Å². The smallest absolute Gasteiger partial charge is 0.321 e. The topological polar surface area (TPSA) is 46.9 Å². The molecule has 0 saturated heterocycles. The highest BCUT2D eigenvalue weighted by molar-refractivity contribution is 7.99. The fourth-order valence-electron chi connectivity index (χ4n) is 2.16. The third-order valence-corrected chi connectivity index (χ3v) is 4.10. The number of thioether (sulfide) groups is 1. The molecule has 0 bridgehead atoms. The number of nitrogens with one attached hydrogen (secondary N) is 1. The van der Waals surface area contributed by atoms with Crippen molar-refractivity contribution in [2.45, 2.75) is 11.7 Å². The first-order valence-corrected chi connectivity index (χ1v) is 7.86. The van der Waals surface area contributed by atoms with Gasteiger partial charge in [0.25, 0.3) is 0 Å². The number of rotatable bonds is 5. The van der Waals surface area contributed by atoms with Crippen LogP contribution in [0.1, 0.15) is 6.55 Å². The van der Waals surface area contributed by atoms with Crippen molar-refractivity contribution in [3.63, 3.8) is 0 Å². The predicted octanol–water partition coefficient (Wildman–Crippen LogP) is 4.16. The predicted molar refractivity (Wildman–Crippen MR) is 86.8 cm³/mol. The summed E-state index contributed by atoms with van der Waals surface area (Å²) >= 11 is 0.988. The summed E-state index contributed by atoms with van der Waals surface area (Å²) in [4.78, 5) is 16.1. The van der Waals surface area contributed by atoms with Gasteiger partial charge in [-0.1, -0.05) is 42.1 Å². The number of para-hydroxylation sites is 3. The molecule has 3 aromatic rings. The molecule has 0 spiro atoms. The molecule has 1 N–H and O–H groups in total. The quantitative estimate of drug-likeness (QED) is 0.713. The van der Waals surface area contributed by atoms with Crippen LogP contribution < -0.4 is 5.32 Å². The molecular formula is C16H13F2N3OS. The Labute approximate surface area is 135 Å². The highest BCUT2D eigenvalue weighted by Gasteiger charge is 2.18. The number of benzene rings is 2. The minimum atomic E-state index is -2.71. The molecule has 23 heavy (non-hydrogen) atoms. The molecule has 4 nitrogen and oxygen atoms in total. The molecule has 3 rings (SSSR count). The molecule has 7 heteroatoms. The number of hydrogen-bond donors (Lipinski definition) is 1. The van der Waals surface area contributed by atoms with Crippen molar-refractivity contribution in [3.05, 3.63) is 54.6 Å². The van der Waals surface area contributed by atoms with Crippen molar-refractivity contribution >= 4 is 34.4 Å². The molecule has 1 amide bonds. The van der Waals surface area contributed by atoms with Crippen LogP contribution in [0, 0.1) is 0 Å². The lowest BCUT2D eigenvalue weighted by molar-refractivity contribution is -0.113. The average molecular weight is 333 g/mol. The van der Waals surface area contributed by atoms with E-state index in [0.29, 0.717) is 16.7 Å². The van der Waals surface area contributed by atoms with E-state index in [0.717, 1.165) is 16.3 Å².